The molecule has 1 heterocycles. The lowest BCUT2D eigenvalue weighted by atomic mass is 10.1. The van der Waals surface area contributed by atoms with Crippen LogP contribution >= 0.6 is 0 Å². The summed E-state index contributed by atoms with van der Waals surface area (Å²) in [4.78, 5) is 35.3. The van der Waals surface area contributed by atoms with Crippen LogP contribution in [0.1, 0.15) is 36.5 Å². The van der Waals surface area contributed by atoms with Crippen molar-refractivity contribution >= 4 is 11.9 Å². The highest BCUT2D eigenvalue weighted by Gasteiger charge is 2.11. The Balaban J connectivity index is 2.54. The first-order chi connectivity index (χ1) is 8.88. The van der Waals surface area contributed by atoms with Gasteiger partial charge in [0, 0.05) is 24.6 Å². The van der Waals surface area contributed by atoms with E-state index in [0.29, 0.717) is 12.8 Å². The Labute approximate surface area is 109 Å². The monoisotopic (exact) mass is 268 g/mol. The third-order valence-electron chi connectivity index (χ3n) is 2.50. The summed E-state index contributed by atoms with van der Waals surface area (Å²) in [6.07, 6.45) is 1.02. The molecule has 1 aromatic rings. The highest BCUT2D eigenvalue weighted by atomic mass is 16.4. The van der Waals surface area contributed by atoms with Gasteiger partial charge in [-0.05, 0) is 19.8 Å². The molecule has 0 spiro atoms. The van der Waals surface area contributed by atoms with Crippen LogP contribution in [-0.2, 0) is 4.79 Å². The third kappa shape index (κ3) is 5.24. The molecule has 0 aliphatic rings. The van der Waals surface area contributed by atoms with Crippen molar-refractivity contribution in [1.82, 2.24) is 10.3 Å². The predicted octanol–water partition coefficient (Wildman–Crippen LogP) is 0.454. The van der Waals surface area contributed by atoms with Gasteiger partial charge in [0.2, 0.25) is 0 Å². The molecule has 0 saturated carbocycles. The number of amides is 1. The number of hydrogen-bond acceptors (Lipinski definition) is 4. The first-order valence-electron chi connectivity index (χ1n) is 5.84. The third-order valence-corrected chi connectivity index (χ3v) is 2.50. The topological polar surface area (TPSA) is 119 Å². The number of aromatic hydroxyl groups is 1. The molecule has 19 heavy (non-hydrogen) atoms. The number of rotatable bonds is 6. The molecule has 104 valence electrons. The van der Waals surface area contributed by atoms with E-state index in [-0.39, 0.29) is 23.9 Å². The number of aromatic amines is 1. The van der Waals surface area contributed by atoms with Gasteiger partial charge in [0.05, 0.1) is 5.56 Å². The summed E-state index contributed by atoms with van der Waals surface area (Å²) in [5, 5.41) is 20.3. The molecular weight excluding hydrogens is 252 g/mol. The van der Waals surface area contributed by atoms with E-state index in [0.717, 1.165) is 12.1 Å². The van der Waals surface area contributed by atoms with Gasteiger partial charge in [-0.25, -0.2) is 0 Å². The Morgan fingerprint density at radius 3 is 2.68 bits per heavy atom. The van der Waals surface area contributed by atoms with Gasteiger partial charge in [-0.15, -0.1) is 0 Å². The normalized spacial score (nSPS) is 11.8. The van der Waals surface area contributed by atoms with E-state index in [1.807, 2.05) is 0 Å². The van der Waals surface area contributed by atoms with Crippen molar-refractivity contribution in [3.8, 4) is 5.88 Å². The van der Waals surface area contributed by atoms with Gasteiger partial charge >= 0.3 is 5.97 Å². The van der Waals surface area contributed by atoms with E-state index in [9.17, 15) is 19.5 Å². The Bertz CT molecular complexity index is 523. The lowest BCUT2D eigenvalue weighted by molar-refractivity contribution is -0.137. The van der Waals surface area contributed by atoms with Crippen molar-refractivity contribution < 1.29 is 19.8 Å². The first kappa shape index (κ1) is 14.7. The number of nitrogens with one attached hydrogen (secondary N) is 2. The van der Waals surface area contributed by atoms with Crippen LogP contribution in [0.25, 0.3) is 0 Å². The number of carbonyl (C=O) groups excluding carboxylic acids is 1. The van der Waals surface area contributed by atoms with Crippen molar-refractivity contribution in [3.05, 3.63) is 28.0 Å². The maximum Gasteiger partial charge on any atom is 0.303 e. The molecule has 1 atom stereocenters. The molecule has 0 aromatic carbocycles. The second-order valence-corrected chi connectivity index (χ2v) is 4.28. The predicted molar refractivity (Wildman–Crippen MR) is 67.1 cm³/mol. The molecule has 0 aliphatic heterocycles. The molecule has 1 unspecified atom stereocenters. The second-order valence-electron chi connectivity index (χ2n) is 4.28. The molecular formula is C12H16N2O5. The van der Waals surface area contributed by atoms with Gasteiger partial charge in [-0.2, -0.15) is 0 Å². The van der Waals surface area contributed by atoms with E-state index in [4.69, 9.17) is 5.11 Å². The number of hydrogen-bond donors (Lipinski definition) is 4. The molecule has 1 amide bonds. The minimum absolute atomic E-state index is 0.0476. The average Bonchev–Trinajstić information content (AvgIpc) is 2.26. The SMILES string of the molecule is CC(CCCC(=O)O)NC(=O)c1cc(O)[nH]c(=O)c1. The van der Waals surface area contributed by atoms with Crippen molar-refractivity contribution in [2.45, 2.75) is 32.2 Å². The molecule has 1 rings (SSSR count). The van der Waals surface area contributed by atoms with Gasteiger partial charge in [-0.1, -0.05) is 0 Å². The molecule has 0 bridgehead atoms. The minimum Gasteiger partial charge on any atom is -0.494 e. The minimum atomic E-state index is -0.877. The van der Waals surface area contributed by atoms with Crippen molar-refractivity contribution in [3.63, 3.8) is 0 Å². The maximum absolute atomic E-state index is 11.8. The Morgan fingerprint density at radius 1 is 1.42 bits per heavy atom. The number of carboxylic acids is 1. The van der Waals surface area contributed by atoms with Crippen LogP contribution in [0.3, 0.4) is 0 Å². The highest BCUT2D eigenvalue weighted by Crippen LogP contribution is 2.06. The van der Waals surface area contributed by atoms with Gasteiger partial charge in [0.15, 0.2) is 5.88 Å². The molecule has 0 radical (unpaired) electrons. The molecule has 0 aliphatic carbocycles. The quantitative estimate of drug-likeness (QED) is 0.597. The second kappa shape index (κ2) is 6.58. The van der Waals surface area contributed by atoms with Crippen molar-refractivity contribution in [2.75, 3.05) is 0 Å². The summed E-state index contributed by atoms with van der Waals surface area (Å²) in [6, 6.07) is 2.02. The summed E-state index contributed by atoms with van der Waals surface area (Å²) in [5.41, 5.74) is -0.505. The van der Waals surface area contributed by atoms with E-state index < -0.39 is 17.4 Å². The molecule has 7 nitrogen and oxygen atoms in total. The molecule has 7 heteroatoms. The largest absolute Gasteiger partial charge is 0.494 e. The molecule has 0 saturated heterocycles. The van der Waals surface area contributed by atoms with Crippen LogP contribution < -0.4 is 10.9 Å². The zero-order valence-corrected chi connectivity index (χ0v) is 10.5. The lowest BCUT2D eigenvalue weighted by Crippen LogP contribution is -2.33. The summed E-state index contributed by atoms with van der Waals surface area (Å²) in [7, 11) is 0. The van der Waals surface area contributed by atoms with Gasteiger partial charge in [-0.3, -0.25) is 19.4 Å². The number of pyridine rings is 1. The van der Waals surface area contributed by atoms with E-state index >= 15 is 0 Å². The molecule has 0 fully saturated rings. The highest BCUT2D eigenvalue weighted by molar-refractivity contribution is 5.94. The van der Waals surface area contributed by atoms with E-state index in [1.54, 1.807) is 6.92 Å². The number of carbonyl (C=O) groups is 2. The summed E-state index contributed by atoms with van der Waals surface area (Å²) in [6.45, 7) is 1.74. The number of carboxylic acid groups (broad SMARTS) is 1. The standard InChI is InChI=1S/C12H16N2O5/c1-7(3-2-4-11(17)18)13-12(19)8-5-9(15)14-10(16)6-8/h5-7H,2-4H2,1H3,(H,13,19)(H,17,18)(H2,14,15,16). The lowest BCUT2D eigenvalue weighted by Gasteiger charge is -2.13. The molecule has 1 aromatic heterocycles. The van der Waals surface area contributed by atoms with Gasteiger partial charge in [0.25, 0.3) is 11.5 Å². The Hall–Kier alpha value is -2.31. The van der Waals surface area contributed by atoms with Crippen LogP contribution in [0.2, 0.25) is 0 Å². The number of aliphatic carboxylic acids is 1. The van der Waals surface area contributed by atoms with Gasteiger partial charge in [0.1, 0.15) is 0 Å². The van der Waals surface area contributed by atoms with Crippen LogP contribution in [0.4, 0.5) is 0 Å². The Morgan fingerprint density at radius 2 is 2.11 bits per heavy atom. The summed E-state index contributed by atoms with van der Waals surface area (Å²) in [5.74, 6) is -1.74. The Kier molecular flexibility index (Phi) is 5.11. The number of aromatic nitrogens is 1. The maximum atomic E-state index is 11.8. The fourth-order valence-corrected chi connectivity index (χ4v) is 1.60. The zero-order chi connectivity index (χ0) is 14.4. The van der Waals surface area contributed by atoms with E-state index in [1.165, 1.54) is 0 Å². The first-order valence-corrected chi connectivity index (χ1v) is 5.84. The van der Waals surface area contributed by atoms with E-state index in [2.05, 4.69) is 10.3 Å². The smallest absolute Gasteiger partial charge is 0.303 e. The van der Waals surface area contributed by atoms with Crippen LogP contribution in [-0.4, -0.2) is 33.1 Å². The van der Waals surface area contributed by atoms with Crippen LogP contribution in [0.5, 0.6) is 5.88 Å². The summed E-state index contributed by atoms with van der Waals surface area (Å²) < 4.78 is 0. The zero-order valence-electron chi connectivity index (χ0n) is 10.5. The molecule has 4 N–H and O–H groups in total. The summed E-state index contributed by atoms with van der Waals surface area (Å²) >= 11 is 0. The fourth-order valence-electron chi connectivity index (χ4n) is 1.60. The van der Waals surface area contributed by atoms with Crippen molar-refractivity contribution in [2.24, 2.45) is 0 Å². The van der Waals surface area contributed by atoms with Gasteiger partial charge < -0.3 is 15.5 Å². The fraction of sp³-hybridized carbons (Fsp3) is 0.417. The average molecular weight is 268 g/mol. The van der Waals surface area contributed by atoms with Crippen molar-refractivity contribution in [1.29, 1.82) is 0 Å². The van der Waals surface area contributed by atoms with Crippen LogP contribution in [0.15, 0.2) is 16.9 Å². The number of H-pyrrole nitrogens is 1. The van der Waals surface area contributed by atoms with Crippen LogP contribution in [0, 0.1) is 0 Å².